The Balaban J connectivity index is 2.19. The van der Waals surface area contributed by atoms with E-state index in [-0.39, 0.29) is 5.95 Å². The summed E-state index contributed by atoms with van der Waals surface area (Å²) in [7, 11) is 0. The molecule has 1 aromatic heterocycles. The number of aromatic nitrogens is 3. The third kappa shape index (κ3) is 4.22. The lowest BCUT2D eigenvalue weighted by Gasteiger charge is -2.06. The molecule has 0 spiro atoms. The van der Waals surface area contributed by atoms with Crippen molar-refractivity contribution < 1.29 is 4.74 Å². The van der Waals surface area contributed by atoms with Crippen LogP contribution in [0.1, 0.15) is 13.3 Å². The van der Waals surface area contributed by atoms with Crippen LogP contribution in [0.15, 0.2) is 6.33 Å². The van der Waals surface area contributed by atoms with Gasteiger partial charge in [-0.3, -0.25) is 0 Å². The quantitative estimate of drug-likeness (QED) is 0.547. The number of thiocarbonyl (C=S) groups is 1. The standard InChI is InChI=1S/C8H15N5OS/c1-2-14-5-3-4-10-8(15)13-6-11-7(9)12-13/h6H,2-5H2,1H3,(H2,9,12)(H,10,15). The van der Waals surface area contributed by atoms with Crippen LogP contribution in [-0.4, -0.2) is 39.6 Å². The fourth-order valence-electron chi connectivity index (χ4n) is 0.969. The molecule has 1 rings (SSSR count). The molecule has 1 heterocycles. The number of nitrogens with two attached hydrogens (primary N) is 1. The molecule has 0 aliphatic rings. The highest BCUT2D eigenvalue weighted by Crippen LogP contribution is 1.89. The number of anilines is 1. The van der Waals surface area contributed by atoms with Crippen molar-refractivity contribution in [3.8, 4) is 0 Å². The van der Waals surface area contributed by atoms with Crippen LogP contribution in [0.5, 0.6) is 0 Å². The molecule has 15 heavy (non-hydrogen) atoms. The molecule has 0 radical (unpaired) electrons. The maximum atomic E-state index is 5.36. The summed E-state index contributed by atoms with van der Waals surface area (Å²) in [6, 6.07) is 0. The normalized spacial score (nSPS) is 10.2. The second kappa shape index (κ2) is 6.31. The summed E-state index contributed by atoms with van der Waals surface area (Å²) in [5.74, 6) is 0.216. The minimum atomic E-state index is 0.216. The molecule has 0 aliphatic carbocycles. The Morgan fingerprint density at radius 3 is 3.13 bits per heavy atom. The Kier molecular flexibility index (Phi) is 4.99. The van der Waals surface area contributed by atoms with Gasteiger partial charge in [0.25, 0.3) is 0 Å². The molecule has 0 bridgehead atoms. The monoisotopic (exact) mass is 229 g/mol. The first-order valence-corrected chi connectivity index (χ1v) is 5.18. The van der Waals surface area contributed by atoms with Gasteiger partial charge in [-0.1, -0.05) is 0 Å². The minimum Gasteiger partial charge on any atom is -0.382 e. The number of hydrogen-bond acceptors (Lipinski definition) is 5. The largest absolute Gasteiger partial charge is 0.382 e. The number of hydrogen-bond donors (Lipinski definition) is 2. The summed E-state index contributed by atoms with van der Waals surface area (Å²) in [5, 5.41) is 7.40. The lowest BCUT2D eigenvalue weighted by molar-refractivity contribution is 0.145. The molecule has 0 aliphatic heterocycles. The van der Waals surface area contributed by atoms with E-state index in [9.17, 15) is 0 Å². The number of nitrogens with one attached hydrogen (secondary N) is 1. The van der Waals surface area contributed by atoms with E-state index in [2.05, 4.69) is 15.4 Å². The minimum absolute atomic E-state index is 0.216. The molecule has 0 fully saturated rings. The summed E-state index contributed by atoms with van der Waals surface area (Å²) in [6.07, 6.45) is 2.38. The van der Waals surface area contributed by atoms with Crippen LogP contribution < -0.4 is 11.1 Å². The fraction of sp³-hybridized carbons (Fsp3) is 0.625. The second-order valence-corrected chi connectivity index (χ2v) is 3.22. The van der Waals surface area contributed by atoms with Gasteiger partial charge in [-0.25, -0.2) is 4.98 Å². The molecule has 0 saturated heterocycles. The maximum Gasteiger partial charge on any atom is 0.239 e. The average Bonchev–Trinajstić information content (AvgIpc) is 2.64. The Morgan fingerprint density at radius 2 is 2.53 bits per heavy atom. The van der Waals surface area contributed by atoms with Crippen molar-refractivity contribution in [1.82, 2.24) is 20.1 Å². The summed E-state index contributed by atoms with van der Waals surface area (Å²) in [4.78, 5) is 3.77. The lowest BCUT2D eigenvalue weighted by Crippen LogP contribution is -2.30. The molecule has 0 unspecified atom stereocenters. The lowest BCUT2D eigenvalue weighted by atomic mass is 10.4. The SMILES string of the molecule is CCOCCCNC(=S)n1cnc(N)n1. The van der Waals surface area contributed by atoms with Crippen LogP contribution in [0.4, 0.5) is 5.95 Å². The fourth-order valence-corrected chi connectivity index (χ4v) is 1.16. The highest BCUT2D eigenvalue weighted by molar-refractivity contribution is 7.80. The molecule has 3 N–H and O–H groups in total. The van der Waals surface area contributed by atoms with Crippen LogP contribution >= 0.6 is 12.2 Å². The highest BCUT2D eigenvalue weighted by Gasteiger charge is 2.01. The predicted molar refractivity (Wildman–Crippen MR) is 61.5 cm³/mol. The van der Waals surface area contributed by atoms with Gasteiger partial charge in [-0.05, 0) is 25.6 Å². The zero-order valence-electron chi connectivity index (χ0n) is 8.64. The van der Waals surface area contributed by atoms with Gasteiger partial charge in [0.05, 0.1) is 0 Å². The molecular formula is C8H15N5OS. The Hall–Kier alpha value is -1.21. The van der Waals surface area contributed by atoms with Crippen molar-refractivity contribution in [2.75, 3.05) is 25.5 Å². The van der Waals surface area contributed by atoms with E-state index in [0.717, 1.165) is 26.2 Å². The van der Waals surface area contributed by atoms with Gasteiger partial charge in [-0.2, -0.15) is 4.68 Å². The molecular weight excluding hydrogens is 214 g/mol. The summed E-state index contributed by atoms with van der Waals surface area (Å²) >= 11 is 5.06. The van der Waals surface area contributed by atoms with Gasteiger partial charge in [0.1, 0.15) is 6.33 Å². The molecule has 0 atom stereocenters. The first-order valence-electron chi connectivity index (χ1n) is 4.77. The molecule has 6 nitrogen and oxygen atoms in total. The van der Waals surface area contributed by atoms with Gasteiger partial charge < -0.3 is 15.8 Å². The molecule has 7 heteroatoms. The first-order chi connectivity index (χ1) is 7.24. The molecule has 0 aromatic carbocycles. The molecule has 1 aromatic rings. The van der Waals surface area contributed by atoms with Crippen molar-refractivity contribution in [1.29, 1.82) is 0 Å². The van der Waals surface area contributed by atoms with Gasteiger partial charge in [0.2, 0.25) is 5.95 Å². The molecule has 84 valence electrons. The zero-order chi connectivity index (χ0) is 11.1. The summed E-state index contributed by atoms with van der Waals surface area (Å²) < 4.78 is 6.62. The Bertz CT molecular complexity index is 314. The van der Waals surface area contributed by atoms with E-state index in [1.165, 1.54) is 11.0 Å². The van der Waals surface area contributed by atoms with E-state index in [4.69, 9.17) is 22.7 Å². The third-order valence-corrected chi connectivity index (χ3v) is 1.99. The van der Waals surface area contributed by atoms with Crippen LogP contribution in [0.2, 0.25) is 0 Å². The van der Waals surface area contributed by atoms with E-state index < -0.39 is 0 Å². The van der Waals surface area contributed by atoms with E-state index in [1.54, 1.807) is 0 Å². The number of rotatable bonds is 5. The topological polar surface area (TPSA) is 78.0 Å². The molecule has 0 amide bonds. The molecule has 0 saturated carbocycles. The van der Waals surface area contributed by atoms with Crippen molar-refractivity contribution >= 4 is 23.3 Å². The summed E-state index contributed by atoms with van der Waals surface area (Å²) in [5.41, 5.74) is 5.36. The first kappa shape index (κ1) is 11.9. The highest BCUT2D eigenvalue weighted by atomic mass is 32.1. The average molecular weight is 229 g/mol. The van der Waals surface area contributed by atoms with Gasteiger partial charge >= 0.3 is 0 Å². The van der Waals surface area contributed by atoms with Crippen LogP contribution in [0.25, 0.3) is 0 Å². The number of ether oxygens (including phenoxy) is 1. The van der Waals surface area contributed by atoms with Gasteiger partial charge in [0, 0.05) is 19.8 Å². The maximum absolute atomic E-state index is 5.36. The number of nitrogens with zero attached hydrogens (tertiary/aromatic N) is 3. The third-order valence-electron chi connectivity index (χ3n) is 1.66. The van der Waals surface area contributed by atoms with Crippen molar-refractivity contribution in [3.63, 3.8) is 0 Å². The number of nitrogen functional groups attached to an aromatic ring is 1. The summed E-state index contributed by atoms with van der Waals surface area (Å²) in [6.45, 7) is 4.19. The van der Waals surface area contributed by atoms with Crippen molar-refractivity contribution in [3.05, 3.63) is 6.33 Å². The zero-order valence-corrected chi connectivity index (χ0v) is 9.46. The van der Waals surface area contributed by atoms with Crippen molar-refractivity contribution in [2.24, 2.45) is 0 Å². The Labute approximate surface area is 93.8 Å². The van der Waals surface area contributed by atoms with E-state index >= 15 is 0 Å². The Morgan fingerprint density at radius 1 is 1.73 bits per heavy atom. The van der Waals surface area contributed by atoms with Crippen LogP contribution in [0, 0.1) is 0 Å². The van der Waals surface area contributed by atoms with Crippen LogP contribution in [-0.2, 0) is 4.74 Å². The predicted octanol–water partition coefficient (Wildman–Crippen LogP) is 0.00950. The van der Waals surface area contributed by atoms with E-state index in [1.807, 2.05) is 6.92 Å². The smallest absolute Gasteiger partial charge is 0.239 e. The van der Waals surface area contributed by atoms with Gasteiger partial charge in [-0.15, -0.1) is 5.10 Å². The van der Waals surface area contributed by atoms with Gasteiger partial charge in [0.15, 0.2) is 5.11 Å². The van der Waals surface area contributed by atoms with Crippen LogP contribution in [0.3, 0.4) is 0 Å². The van der Waals surface area contributed by atoms with E-state index in [0.29, 0.717) is 5.11 Å². The van der Waals surface area contributed by atoms with Crippen molar-refractivity contribution in [2.45, 2.75) is 13.3 Å². The second-order valence-electron chi connectivity index (χ2n) is 2.83.